The van der Waals surface area contributed by atoms with Gasteiger partial charge in [-0.05, 0) is 30.0 Å². The minimum atomic E-state index is -3.66. The fraction of sp³-hybridized carbons (Fsp3) is 0.550. The zero-order chi connectivity index (χ0) is 19.9. The summed E-state index contributed by atoms with van der Waals surface area (Å²) >= 11 is 0. The Morgan fingerprint density at radius 3 is 2.37 bits per heavy atom. The lowest BCUT2D eigenvalue weighted by Gasteiger charge is -2.35. The Balaban J connectivity index is 2.14. The molecule has 150 valence electrons. The van der Waals surface area contributed by atoms with Gasteiger partial charge in [0.1, 0.15) is 0 Å². The molecule has 6 nitrogen and oxygen atoms in total. The van der Waals surface area contributed by atoms with Crippen molar-refractivity contribution in [1.82, 2.24) is 14.5 Å². The fourth-order valence-electron chi connectivity index (χ4n) is 2.95. The highest BCUT2D eigenvalue weighted by Crippen LogP contribution is 2.17. The summed E-state index contributed by atoms with van der Waals surface area (Å²) in [5, 5.41) is 0. The molecule has 0 atom stereocenters. The van der Waals surface area contributed by atoms with Gasteiger partial charge in [0.05, 0.1) is 4.90 Å². The van der Waals surface area contributed by atoms with Crippen molar-refractivity contribution in [2.75, 3.05) is 39.3 Å². The fourth-order valence-corrected chi connectivity index (χ4v) is 4.00. The summed E-state index contributed by atoms with van der Waals surface area (Å²) < 4.78 is 28.4. The minimum Gasteiger partial charge on any atom is -0.340 e. The number of benzene rings is 1. The summed E-state index contributed by atoms with van der Waals surface area (Å²) in [5.74, 6) is 0.811. The van der Waals surface area contributed by atoms with Crippen molar-refractivity contribution in [3.05, 3.63) is 42.5 Å². The molecule has 0 spiro atoms. The van der Waals surface area contributed by atoms with Crippen LogP contribution in [0.15, 0.2) is 46.8 Å². The van der Waals surface area contributed by atoms with Gasteiger partial charge in [-0.15, -0.1) is 6.58 Å². The smallest absolute Gasteiger partial charge is 0.264 e. The van der Waals surface area contributed by atoms with Crippen LogP contribution in [0.3, 0.4) is 0 Å². The molecule has 27 heavy (non-hydrogen) atoms. The molecule has 1 aliphatic rings. The molecule has 2 rings (SSSR count). The summed E-state index contributed by atoms with van der Waals surface area (Å²) in [7, 11) is -3.66. The maximum Gasteiger partial charge on any atom is 0.264 e. The number of sulfonamides is 1. The molecule has 0 unspecified atom stereocenters. The van der Waals surface area contributed by atoms with Crippen molar-refractivity contribution in [2.45, 2.75) is 38.0 Å². The molecule has 0 bridgehead atoms. The molecular weight excluding hydrogens is 360 g/mol. The van der Waals surface area contributed by atoms with E-state index in [0.717, 1.165) is 44.7 Å². The summed E-state index contributed by atoms with van der Waals surface area (Å²) in [6.45, 7) is 14.6. The van der Waals surface area contributed by atoms with Crippen molar-refractivity contribution in [1.29, 1.82) is 0 Å². The molecule has 7 heteroatoms. The second kappa shape index (κ2) is 9.90. The van der Waals surface area contributed by atoms with Gasteiger partial charge in [-0.1, -0.05) is 39.0 Å². The van der Waals surface area contributed by atoms with E-state index in [1.807, 2.05) is 30.0 Å². The van der Waals surface area contributed by atoms with Crippen LogP contribution in [-0.4, -0.2) is 63.4 Å². The third kappa shape index (κ3) is 6.07. The molecular formula is C20H32N4O2S. The summed E-state index contributed by atoms with van der Waals surface area (Å²) in [5.41, 5.74) is 1.12. The van der Waals surface area contributed by atoms with Crippen molar-refractivity contribution in [3.63, 3.8) is 0 Å². The topological polar surface area (TPSA) is 65.0 Å². The van der Waals surface area contributed by atoms with E-state index in [9.17, 15) is 8.42 Å². The highest BCUT2D eigenvalue weighted by molar-refractivity contribution is 7.90. The largest absolute Gasteiger partial charge is 0.340 e. The first-order chi connectivity index (χ1) is 12.9. The zero-order valence-corrected chi connectivity index (χ0v) is 17.5. The summed E-state index contributed by atoms with van der Waals surface area (Å²) in [4.78, 5) is 9.09. The lowest BCUT2D eigenvalue weighted by atomic mass is 10.0. The van der Waals surface area contributed by atoms with Crippen LogP contribution in [0.5, 0.6) is 0 Å². The molecule has 0 aromatic heterocycles. The normalized spacial score (nSPS) is 16.6. The predicted molar refractivity (Wildman–Crippen MR) is 112 cm³/mol. The van der Waals surface area contributed by atoms with Crippen LogP contribution in [0.25, 0.3) is 0 Å². The van der Waals surface area contributed by atoms with Crippen LogP contribution in [-0.2, 0) is 10.0 Å². The molecule has 0 amide bonds. The van der Waals surface area contributed by atoms with Crippen LogP contribution >= 0.6 is 0 Å². The van der Waals surface area contributed by atoms with E-state index >= 15 is 0 Å². The second-order valence-electron chi connectivity index (χ2n) is 7.11. The number of rotatable bonds is 7. The van der Waals surface area contributed by atoms with E-state index in [-0.39, 0.29) is 4.90 Å². The van der Waals surface area contributed by atoms with Crippen LogP contribution < -0.4 is 4.72 Å². The highest BCUT2D eigenvalue weighted by atomic mass is 32.2. The lowest BCUT2D eigenvalue weighted by Crippen LogP contribution is -2.53. The SMILES string of the molecule is C=CCN1CCN(C(=NCCC)NS(=O)(=O)c2ccc(C(C)C)cc2)CC1. The summed E-state index contributed by atoms with van der Waals surface area (Å²) in [6, 6.07) is 7.07. The molecule has 1 fully saturated rings. The number of aliphatic imine (C=N–C) groups is 1. The van der Waals surface area contributed by atoms with Crippen molar-refractivity contribution < 1.29 is 8.42 Å². The zero-order valence-electron chi connectivity index (χ0n) is 16.7. The molecule has 0 saturated carbocycles. The van der Waals surface area contributed by atoms with Crippen molar-refractivity contribution >= 4 is 16.0 Å². The molecule has 1 saturated heterocycles. The highest BCUT2D eigenvalue weighted by Gasteiger charge is 2.23. The Hall–Kier alpha value is -1.86. The number of piperazine rings is 1. The Kier molecular flexibility index (Phi) is 7.86. The molecule has 0 radical (unpaired) electrons. The summed E-state index contributed by atoms with van der Waals surface area (Å²) in [6.07, 6.45) is 2.76. The first-order valence-corrected chi connectivity index (χ1v) is 11.1. The maximum absolute atomic E-state index is 12.9. The quantitative estimate of drug-likeness (QED) is 0.440. The van der Waals surface area contributed by atoms with E-state index in [1.165, 1.54) is 0 Å². The lowest BCUT2D eigenvalue weighted by molar-refractivity contribution is 0.195. The van der Waals surface area contributed by atoms with E-state index in [2.05, 4.69) is 35.0 Å². The average molecular weight is 393 g/mol. The minimum absolute atomic E-state index is 0.265. The Bertz CT molecular complexity index is 734. The van der Waals surface area contributed by atoms with Crippen LogP contribution in [0.2, 0.25) is 0 Å². The third-order valence-corrected chi connectivity index (χ3v) is 5.97. The average Bonchev–Trinajstić information content (AvgIpc) is 2.66. The van der Waals surface area contributed by atoms with Crippen LogP contribution in [0, 0.1) is 0 Å². The van der Waals surface area contributed by atoms with Gasteiger partial charge in [-0.3, -0.25) is 9.89 Å². The first kappa shape index (κ1) is 21.4. The monoisotopic (exact) mass is 392 g/mol. The van der Waals surface area contributed by atoms with Crippen molar-refractivity contribution in [3.8, 4) is 0 Å². The van der Waals surface area contributed by atoms with Gasteiger partial charge in [0.2, 0.25) is 5.96 Å². The van der Waals surface area contributed by atoms with Gasteiger partial charge in [0.25, 0.3) is 10.0 Å². The predicted octanol–water partition coefficient (Wildman–Crippen LogP) is 2.66. The van der Waals surface area contributed by atoms with Gasteiger partial charge in [0, 0.05) is 39.3 Å². The van der Waals surface area contributed by atoms with Gasteiger partial charge in [-0.2, -0.15) is 0 Å². The second-order valence-corrected chi connectivity index (χ2v) is 8.79. The molecule has 1 N–H and O–H groups in total. The molecule has 1 heterocycles. The molecule has 0 aliphatic carbocycles. The van der Waals surface area contributed by atoms with Crippen LogP contribution in [0.1, 0.15) is 38.7 Å². The molecule has 1 aliphatic heterocycles. The van der Waals surface area contributed by atoms with E-state index in [0.29, 0.717) is 18.4 Å². The number of hydrogen-bond donors (Lipinski definition) is 1. The van der Waals surface area contributed by atoms with Gasteiger partial charge in [-0.25, -0.2) is 13.1 Å². The van der Waals surface area contributed by atoms with Crippen LogP contribution in [0.4, 0.5) is 0 Å². The number of nitrogens with one attached hydrogen (secondary N) is 1. The molecule has 1 aromatic rings. The van der Waals surface area contributed by atoms with Gasteiger partial charge in [0.15, 0.2) is 0 Å². The molecule has 1 aromatic carbocycles. The number of nitrogens with zero attached hydrogens (tertiary/aromatic N) is 3. The van der Waals surface area contributed by atoms with E-state index in [4.69, 9.17) is 0 Å². The third-order valence-electron chi connectivity index (χ3n) is 4.63. The van der Waals surface area contributed by atoms with Crippen molar-refractivity contribution in [2.24, 2.45) is 4.99 Å². The van der Waals surface area contributed by atoms with E-state index in [1.54, 1.807) is 12.1 Å². The number of guanidine groups is 1. The van der Waals surface area contributed by atoms with Gasteiger partial charge < -0.3 is 4.90 Å². The standard InChI is InChI=1S/C20H32N4O2S/c1-5-11-21-20(24-15-13-23(12-6-2)14-16-24)22-27(25,26)19-9-7-18(8-10-19)17(3)4/h6-10,17H,2,5,11-16H2,1,3-4H3,(H,21,22). The Labute approximate surface area is 164 Å². The number of hydrogen-bond acceptors (Lipinski definition) is 4. The maximum atomic E-state index is 12.9. The Morgan fingerprint density at radius 2 is 1.85 bits per heavy atom. The van der Waals surface area contributed by atoms with Gasteiger partial charge >= 0.3 is 0 Å². The first-order valence-electron chi connectivity index (χ1n) is 9.62. The Morgan fingerprint density at radius 1 is 1.22 bits per heavy atom. The van der Waals surface area contributed by atoms with E-state index < -0.39 is 10.0 Å².